The maximum absolute atomic E-state index is 13.5. The van der Waals surface area contributed by atoms with Crippen molar-refractivity contribution in [1.82, 2.24) is 10.6 Å². The predicted octanol–water partition coefficient (Wildman–Crippen LogP) is 4.28. The Balaban J connectivity index is 1.83. The second kappa shape index (κ2) is 19.7. The fraction of sp³-hybridized carbons (Fsp3) is 0.611. The van der Waals surface area contributed by atoms with Crippen molar-refractivity contribution in [2.75, 3.05) is 19.8 Å². The molecule has 0 aromatic heterocycles. The van der Waals surface area contributed by atoms with Crippen molar-refractivity contribution in [3.05, 3.63) is 53.1 Å². The number of halogens is 3. The minimum Gasteiger partial charge on any atom is -0.456 e. The van der Waals surface area contributed by atoms with Crippen LogP contribution in [0.15, 0.2) is 42.0 Å². The largest absolute Gasteiger partial charge is 0.456 e. The molecule has 1 aromatic carbocycles. The smallest absolute Gasteiger partial charge is 0.422 e. The Labute approximate surface area is 295 Å². The number of amides is 2. The quantitative estimate of drug-likeness (QED) is 0.0918. The average Bonchev–Trinajstić information content (AvgIpc) is 3.46. The third-order valence-corrected chi connectivity index (χ3v) is 8.45. The van der Waals surface area contributed by atoms with E-state index in [0.717, 1.165) is 44.6 Å². The number of alkyl halides is 3. The zero-order chi connectivity index (χ0) is 37.6. The van der Waals surface area contributed by atoms with Crippen LogP contribution >= 0.6 is 0 Å². The fourth-order valence-corrected chi connectivity index (χ4v) is 5.83. The highest BCUT2D eigenvalue weighted by molar-refractivity contribution is 5.97. The molecular weight excluding hydrogens is 677 g/mol. The minimum atomic E-state index is -4.65. The van der Waals surface area contributed by atoms with E-state index in [-0.39, 0.29) is 30.7 Å². The number of hydrogen-bond donors (Lipinski definition) is 4. The third-order valence-electron chi connectivity index (χ3n) is 8.45. The first-order chi connectivity index (χ1) is 24.2. The highest BCUT2D eigenvalue weighted by atomic mass is 19.4. The van der Waals surface area contributed by atoms with E-state index in [1.54, 1.807) is 6.08 Å². The predicted molar refractivity (Wildman–Crippen MR) is 179 cm³/mol. The number of rotatable bonds is 19. The molecule has 2 aliphatic rings. The molecule has 0 bridgehead atoms. The fourth-order valence-electron chi connectivity index (χ4n) is 5.83. The monoisotopic (exact) mass is 726 g/mol. The van der Waals surface area contributed by atoms with Gasteiger partial charge in [-0.25, -0.2) is 9.59 Å². The zero-order valence-electron chi connectivity index (χ0n) is 29.2. The van der Waals surface area contributed by atoms with Gasteiger partial charge in [0.2, 0.25) is 11.8 Å². The number of nitrogens with one attached hydrogen (secondary N) is 2. The molecule has 0 saturated carbocycles. The van der Waals surface area contributed by atoms with Crippen molar-refractivity contribution in [2.24, 2.45) is 0 Å². The summed E-state index contributed by atoms with van der Waals surface area (Å²) in [6.45, 7) is 3.40. The summed E-state index contributed by atoms with van der Waals surface area (Å²) >= 11 is 0. The lowest BCUT2D eigenvalue weighted by Gasteiger charge is -2.31. The number of ether oxygens (including phenoxy) is 4. The molecule has 284 valence electrons. The summed E-state index contributed by atoms with van der Waals surface area (Å²) in [6.07, 6.45) is 1.92. The molecule has 5 atom stereocenters. The standard InChI is InChI=1S/C36H49F3N2O10/c1-4-6-8-16-35(17-9-7-5-2)50-28-21-26(32(45)41-30(23(3)43)33(46)40-18-19-42)20-27(31(28)51-35)49-34(47)25-13-10-24(11-14-25)12-15-29(44)48-22-36(37,38)39/h10-15,21,23,27-28,30-31,42-43H,4-9,16-20,22H2,1-3H3,(H,40,46)(H,41,45). The van der Waals surface area contributed by atoms with Crippen LogP contribution in [0.25, 0.3) is 6.08 Å². The van der Waals surface area contributed by atoms with Crippen LogP contribution in [-0.4, -0.2) is 96.1 Å². The maximum Gasteiger partial charge on any atom is 0.422 e. The van der Waals surface area contributed by atoms with Gasteiger partial charge >= 0.3 is 18.1 Å². The molecule has 1 saturated heterocycles. The van der Waals surface area contributed by atoms with E-state index in [1.165, 1.54) is 37.3 Å². The van der Waals surface area contributed by atoms with Gasteiger partial charge in [0, 0.05) is 37.5 Å². The first-order valence-corrected chi connectivity index (χ1v) is 17.4. The lowest BCUT2D eigenvalue weighted by atomic mass is 9.91. The van der Waals surface area contributed by atoms with Gasteiger partial charge in [0.25, 0.3) is 0 Å². The van der Waals surface area contributed by atoms with E-state index >= 15 is 0 Å². The number of hydrogen-bond acceptors (Lipinski definition) is 10. The number of aliphatic hydroxyl groups excluding tert-OH is 2. The summed E-state index contributed by atoms with van der Waals surface area (Å²) in [4.78, 5) is 51.2. The van der Waals surface area contributed by atoms with Crippen molar-refractivity contribution in [2.45, 2.75) is 121 Å². The first kappa shape index (κ1) is 41.6. The van der Waals surface area contributed by atoms with Crippen molar-refractivity contribution < 1.29 is 61.5 Å². The topological polar surface area (TPSA) is 170 Å². The second-order valence-electron chi connectivity index (χ2n) is 12.7. The molecule has 15 heteroatoms. The van der Waals surface area contributed by atoms with Gasteiger partial charge < -0.3 is 39.8 Å². The zero-order valence-corrected chi connectivity index (χ0v) is 29.2. The van der Waals surface area contributed by atoms with Crippen LogP contribution in [0.4, 0.5) is 13.2 Å². The van der Waals surface area contributed by atoms with Crippen LogP contribution in [-0.2, 0) is 33.3 Å². The van der Waals surface area contributed by atoms with Crippen LogP contribution in [0.3, 0.4) is 0 Å². The molecule has 1 aliphatic carbocycles. The molecule has 0 radical (unpaired) electrons. The molecule has 1 fully saturated rings. The van der Waals surface area contributed by atoms with Crippen LogP contribution in [0.2, 0.25) is 0 Å². The number of benzene rings is 1. The van der Waals surface area contributed by atoms with Crippen LogP contribution < -0.4 is 10.6 Å². The van der Waals surface area contributed by atoms with Gasteiger partial charge in [-0.1, -0.05) is 51.7 Å². The minimum absolute atomic E-state index is 0.0719. The normalized spacial score (nSPS) is 20.9. The summed E-state index contributed by atoms with van der Waals surface area (Å²) in [6, 6.07) is 4.43. The molecule has 4 N–H and O–H groups in total. The van der Waals surface area contributed by atoms with Crippen LogP contribution in [0, 0.1) is 0 Å². The number of carbonyl (C=O) groups excluding carboxylic acids is 4. The van der Waals surface area contributed by atoms with Gasteiger partial charge in [-0.15, -0.1) is 0 Å². The summed E-state index contributed by atoms with van der Waals surface area (Å²) in [5.41, 5.74) is 0.686. The summed E-state index contributed by atoms with van der Waals surface area (Å²) < 4.78 is 60.2. The van der Waals surface area contributed by atoms with Gasteiger partial charge in [-0.05, 0) is 49.6 Å². The molecule has 3 rings (SSSR count). The Morgan fingerprint density at radius 3 is 2.25 bits per heavy atom. The van der Waals surface area contributed by atoms with Gasteiger partial charge in [0.1, 0.15) is 24.4 Å². The Morgan fingerprint density at radius 2 is 1.69 bits per heavy atom. The Kier molecular flexibility index (Phi) is 16.1. The number of aliphatic hydroxyl groups is 2. The van der Waals surface area contributed by atoms with E-state index in [9.17, 15) is 37.5 Å². The number of unbranched alkanes of at least 4 members (excludes halogenated alkanes) is 4. The molecule has 0 spiro atoms. The average molecular weight is 727 g/mol. The van der Waals surface area contributed by atoms with Gasteiger partial charge in [-0.2, -0.15) is 13.2 Å². The van der Waals surface area contributed by atoms with E-state index < -0.39 is 72.8 Å². The van der Waals surface area contributed by atoms with Gasteiger partial charge in [-0.3, -0.25) is 9.59 Å². The molecule has 12 nitrogen and oxygen atoms in total. The SMILES string of the molecule is CCCCCC1(CCCCC)OC2C=C(C(=O)NC(C(=O)NCCO)C(C)O)CC(OC(=O)c3ccc(C=CC(=O)OCC(F)(F)F)cc3)C2O1. The number of fused-ring (bicyclic) bond motifs is 1. The summed E-state index contributed by atoms with van der Waals surface area (Å²) in [5.74, 6) is -4.26. The highest BCUT2D eigenvalue weighted by Crippen LogP contribution is 2.43. The summed E-state index contributed by atoms with van der Waals surface area (Å²) in [7, 11) is 0. The van der Waals surface area contributed by atoms with Crippen molar-refractivity contribution in [3.63, 3.8) is 0 Å². The first-order valence-electron chi connectivity index (χ1n) is 17.4. The highest BCUT2D eigenvalue weighted by Gasteiger charge is 2.52. The Hall–Kier alpha value is -3.79. The van der Waals surface area contributed by atoms with Crippen LogP contribution in [0.1, 0.15) is 94.5 Å². The number of esters is 2. The molecule has 1 aromatic rings. The Bertz CT molecular complexity index is 1370. The van der Waals surface area contributed by atoms with E-state index in [4.69, 9.17) is 19.3 Å². The molecular formula is C36H49F3N2O10. The Morgan fingerprint density at radius 1 is 1.04 bits per heavy atom. The van der Waals surface area contributed by atoms with Crippen molar-refractivity contribution >= 4 is 29.8 Å². The van der Waals surface area contributed by atoms with E-state index in [0.29, 0.717) is 18.4 Å². The maximum atomic E-state index is 13.5. The van der Waals surface area contributed by atoms with E-state index in [2.05, 4.69) is 29.2 Å². The molecule has 2 amide bonds. The van der Waals surface area contributed by atoms with E-state index in [1.807, 2.05) is 0 Å². The molecule has 1 heterocycles. The number of carbonyl (C=O) groups is 4. The van der Waals surface area contributed by atoms with Gasteiger partial charge in [0.15, 0.2) is 12.4 Å². The molecule has 51 heavy (non-hydrogen) atoms. The second-order valence-corrected chi connectivity index (χ2v) is 12.7. The van der Waals surface area contributed by atoms with Crippen molar-refractivity contribution in [1.29, 1.82) is 0 Å². The lowest BCUT2D eigenvalue weighted by Crippen LogP contribution is -2.54. The van der Waals surface area contributed by atoms with Crippen molar-refractivity contribution in [3.8, 4) is 0 Å². The third kappa shape index (κ3) is 13.0. The van der Waals surface area contributed by atoms with Gasteiger partial charge in [0.05, 0.1) is 18.3 Å². The lowest BCUT2D eigenvalue weighted by molar-refractivity contribution is -0.190. The van der Waals surface area contributed by atoms with Crippen LogP contribution in [0.5, 0.6) is 0 Å². The molecule has 5 unspecified atom stereocenters. The molecule has 1 aliphatic heterocycles. The summed E-state index contributed by atoms with van der Waals surface area (Å²) in [5, 5.41) is 24.3.